The second-order valence-electron chi connectivity index (χ2n) is 3.46. The molecule has 13 heavy (non-hydrogen) atoms. The van der Waals surface area contributed by atoms with Crippen molar-refractivity contribution in [3.05, 3.63) is 24.3 Å². The zero-order valence-electron chi connectivity index (χ0n) is 9.26. The van der Waals surface area contributed by atoms with Gasteiger partial charge in [0.2, 0.25) is 0 Å². The third kappa shape index (κ3) is 11.5. The molecule has 0 radical (unpaired) electrons. The van der Waals surface area contributed by atoms with Crippen molar-refractivity contribution in [3.63, 3.8) is 0 Å². The molecule has 0 rings (SSSR count). The van der Waals surface area contributed by atoms with E-state index in [1.165, 1.54) is 38.5 Å². The molecule has 0 heteroatoms. The van der Waals surface area contributed by atoms with Crippen LogP contribution in [0.25, 0.3) is 0 Å². The fourth-order valence-electron chi connectivity index (χ4n) is 1.19. The molecule has 0 aliphatic rings. The minimum atomic E-state index is 1.12. The van der Waals surface area contributed by atoms with Crippen LogP contribution in [0.5, 0.6) is 0 Å². The summed E-state index contributed by atoms with van der Waals surface area (Å²) in [5.74, 6) is 0. The molecular formula is C13H24. The van der Waals surface area contributed by atoms with E-state index in [-0.39, 0.29) is 0 Å². The number of allylic oxidation sites excluding steroid dienone is 4. The van der Waals surface area contributed by atoms with Crippen LogP contribution in [0.3, 0.4) is 0 Å². The lowest BCUT2D eigenvalue weighted by molar-refractivity contribution is 0.728. The van der Waals surface area contributed by atoms with Gasteiger partial charge in [0.05, 0.1) is 0 Å². The van der Waals surface area contributed by atoms with E-state index >= 15 is 0 Å². The van der Waals surface area contributed by atoms with E-state index in [0.29, 0.717) is 0 Å². The Kier molecular flexibility index (Phi) is 11.0. The summed E-state index contributed by atoms with van der Waals surface area (Å²) in [4.78, 5) is 0. The van der Waals surface area contributed by atoms with E-state index in [9.17, 15) is 0 Å². The van der Waals surface area contributed by atoms with Crippen LogP contribution in [0.4, 0.5) is 0 Å². The second kappa shape index (κ2) is 11.5. The SMILES string of the molecule is CCC/C=C/C/C=C/CCCCC. The number of unbranched alkanes of at least 4 members (excludes halogenated alkanes) is 4. The van der Waals surface area contributed by atoms with Crippen molar-refractivity contribution < 1.29 is 0 Å². The Bertz CT molecular complexity index is 131. The molecule has 0 aliphatic heterocycles. The molecule has 0 heterocycles. The summed E-state index contributed by atoms with van der Waals surface area (Å²) in [5, 5.41) is 0. The van der Waals surface area contributed by atoms with E-state index in [2.05, 4.69) is 38.2 Å². The molecule has 0 aromatic rings. The van der Waals surface area contributed by atoms with Crippen molar-refractivity contribution in [2.24, 2.45) is 0 Å². The molecular weight excluding hydrogens is 156 g/mol. The Balaban J connectivity index is 3.11. The van der Waals surface area contributed by atoms with Crippen molar-refractivity contribution in [2.75, 3.05) is 0 Å². The van der Waals surface area contributed by atoms with Crippen LogP contribution < -0.4 is 0 Å². The smallest absolute Gasteiger partial charge is 0.0169 e. The molecule has 0 saturated carbocycles. The molecule has 0 amide bonds. The first-order valence-electron chi connectivity index (χ1n) is 5.71. The lowest BCUT2D eigenvalue weighted by atomic mass is 10.2. The summed E-state index contributed by atoms with van der Waals surface area (Å²) in [7, 11) is 0. The predicted molar refractivity (Wildman–Crippen MR) is 61.9 cm³/mol. The van der Waals surface area contributed by atoms with Gasteiger partial charge < -0.3 is 0 Å². The first-order valence-corrected chi connectivity index (χ1v) is 5.71. The van der Waals surface area contributed by atoms with E-state index in [0.717, 1.165) is 6.42 Å². The molecule has 0 spiro atoms. The maximum absolute atomic E-state index is 2.31. The zero-order valence-corrected chi connectivity index (χ0v) is 9.26. The average Bonchev–Trinajstić information content (AvgIpc) is 2.16. The van der Waals surface area contributed by atoms with Crippen molar-refractivity contribution >= 4 is 0 Å². The first-order chi connectivity index (χ1) is 6.41. The quantitative estimate of drug-likeness (QED) is 0.369. The molecule has 0 N–H and O–H groups in total. The number of hydrogen-bond acceptors (Lipinski definition) is 0. The van der Waals surface area contributed by atoms with Gasteiger partial charge in [-0.05, 0) is 25.7 Å². The minimum Gasteiger partial charge on any atom is -0.0882 e. The van der Waals surface area contributed by atoms with Crippen LogP contribution in [-0.2, 0) is 0 Å². The summed E-state index contributed by atoms with van der Waals surface area (Å²) in [6.07, 6.45) is 18.0. The molecule has 0 unspecified atom stereocenters. The van der Waals surface area contributed by atoms with Crippen molar-refractivity contribution in [3.8, 4) is 0 Å². The van der Waals surface area contributed by atoms with E-state index in [1.807, 2.05) is 0 Å². The van der Waals surface area contributed by atoms with Gasteiger partial charge in [-0.2, -0.15) is 0 Å². The van der Waals surface area contributed by atoms with Crippen molar-refractivity contribution in [1.82, 2.24) is 0 Å². The standard InChI is InChI=1S/C13H24/c1-3-5-7-9-11-13-12-10-8-6-4-2/h7,9,12-13H,3-6,8,10-11H2,1-2H3/b9-7+,13-12+. The zero-order chi connectivity index (χ0) is 9.78. The number of rotatable bonds is 8. The van der Waals surface area contributed by atoms with Crippen LogP contribution in [0.1, 0.15) is 58.8 Å². The molecule has 0 fully saturated rings. The van der Waals surface area contributed by atoms with Gasteiger partial charge in [0.25, 0.3) is 0 Å². The Morgan fingerprint density at radius 3 is 2.00 bits per heavy atom. The first kappa shape index (κ1) is 12.5. The van der Waals surface area contributed by atoms with Crippen LogP contribution in [0.15, 0.2) is 24.3 Å². The highest BCUT2D eigenvalue weighted by Crippen LogP contribution is 2.00. The Morgan fingerprint density at radius 2 is 1.38 bits per heavy atom. The molecule has 0 aliphatic carbocycles. The molecule has 0 aromatic heterocycles. The molecule has 0 saturated heterocycles. The molecule has 0 atom stereocenters. The highest BCUT2D eigenvalue weighted by atomic mass is 13.9. The van der Waals surface area contributed by atoms with E-state index < -0.39 is 0 Å². The van der Waals surface area contributed by atoms with Gasteiger partial charge in [-0.3, -0.25) is 0 Å². The topological polar surface area (TPSA) is 0 Å². The Morgan fingerprint density at radius 1 is 0.692 bits per heavy atom. The van der Waals surface area contributed by atoms with E-state index in [4.69, 9.17) is 0 Å². The lowest BCUT2D eigenvalue weighted by Gasteiger charge is -1.90. The van der Waals surface area contributed by atoms with Gasteiger partial charge in [-0.1, -0.05) is 57.4 Å². The monoisotopic (exact) mass is 180 g/mol. The molecule has 0 nitrogen and oxygen atoms in total. The number of hydrogen-bond donors (Lipinski definition) is 0. The summed E-state index contributed by atoms with van der Waals surface area (Å²) < 4.78 is 0. The third-order valence-electron chi connectivity index (χ3n) is 2.04. The van der Waals surface area contributed by atoms with Gasteiger partial charge >= 0.3 is 0 Å². The van der Waals surface area contributed by atoms with E-state index in [1.54, 1.807) is 0 Å². The van der Waals surface area contributed by atoms with Crippen LogP contribution in [-0.4, -0.2) is 0 Å². The normalized spacial score (nSPS) is 11.8. The van der Waals surface area contributed by atoms with Crippen LogP contribution in [0, 0.1) is 0 Å². The van der Waals surface area contributed by atoms with Crippen LogP contribution >= 0.6 is 0 Å². The van der Waals surface area contributed by atoms with Crippen molar-refractivity contribution in [2.45, 2.75) is 58.8 Å². The fraction of sp³-hybridized carbons (Fsp3) is 0.692. The highest BCUT2D eigenvalue weighted by molar-refractivity contribution is 4.92. The van der Waals surface area contributed by atoms with Gasteiger partial charge in [-0.15, -0.1) is 0 Å². The summed E-state index contributed by atoms with van der Waals surface area (Å²) in [6.45, 7) is 4.46. The Labute approximate surface area is 83.7 Å². The molecule has 0 bridgehead atoms. The molecule has 76 valence electrons. The van der Waals surface area contributed by atoms with Gasteiger partial charge in [0, 0.05) is 0 Å². The lowest BCUT2D eigenvalue weighted by Crippen LogP contribution is -1.70. The summed E-state index contributed by atoms with van der Waals surface area (Å²) >= 11 is 0. The maximum atomic E-state index is 2.31. The second-order valence-corrected chi connectivity index (χ2v) is 3.46. The summed E-state index contributed by atoms with van der Waals surface area (Å²) in [5.41, 5.74) is 0. The fourth-order valence-corrected chi connectivity index (χ4v) is 1.19. The van der Waals surface area contributed by atoms with Gasteiger partial charge in [0.15, 0.2) is 0 Å². The molecule has 0 aromatic carbocycles. The summed E-state index contributed by atoms with van der Waals surface area (Å²) in [6, 6.07) is 0. The predicted octanol–water partition coefficient (Wildman–Crippen LogP) is 4.87. The largest absolute Gasteiger partial charge is 0.0882 e. The van der Waals surface area contributed by atoms with Gasteiger partial charge in [0.1, 0.15) is 0 Å². The Hall–Kier alpha value is -0.520. The average molecular weight is 180 g/mol. The third-order valence-corrected chi connectivity index (χ3v) is 2.04. The maximum Gasteiger partial charge on any atom is -0.0169 e. The van der Waals surface area contributed by atoms with Crippen molar-refractivity contribution in [1.29, 1.82) is 0 Å². The van der Waals surface area contributed by atoms with Crippen LogP contribution in [0.2, 0.25) is 0 Å². The minimum absolute atomic E-state index is 1.12. The highest BCUT2D eigenvalue weighted by Gasteiger charge is 1.80. The van der Waals surface area contributed by atoms with Gasteiger partial charge in [-0.25, -0.2) is 0 Å².